The monoisotopic (exact) mass is 387 g/mol. The average Bonchev–Trinajstić information content (AvgIpc) is 3.09. The number of anilines is 2. The summed E-state index contributed by atoms with van der Waals surface area (Å²) >= 11 is 0. The molecule has 1 amide bonds. The van der Waals surface area contributed by atoms with E-state index in [1.165, 1.54) is 6.92 Å². The Morgan fingerprint density at radius 3 is 2.63 bits per heavy atom. The molecule has 0 spiro atoms. The molecule has 0 saturated carbocycles. The minimum atomic E-state index is -3.55. The van der Waals surface area contributed by atoms with Crippen molar-refractivity contribution in [3.63, 3.8) is 0 Å². The van der Waals surface area contributed by atoms with E-state index < -0.39 is 10.0 Å². The second-order valence-electron chi connectivity index (χ2n) is 6.72. The number of nitrogens with zero attached hydrogens (tertiary/aromatic N) is 2. The standard InChI is InChI=1S/C20H25N3O3S/c1-16(24)23-14-11-17-15-19(9-10-20(17)23)27(25,26)21-12-6-13-22(2)18-7-4-3-5-8-18/h3-5,7-10,15,21H,6,11-14H2,1-2H3. The number of amides is 1. The molecule has 0 aliphatic carbocycles. The van der Waals surface area contributed by atoms with Crippen molar-refractivity contribution < 1.29 is 13.2 Å². The number of para-hydroxylation sites is 1. The summed E-state index contributed by atoms with van der Waals surface area (Å²) in [4.78, 5) is 15.6. The van der Waals surface area contributed by atoms with Gasteiger partial charge >= 0.3 is 0 Å². The lowest BCUT2D eigenvalue weighted by Crippen LogP contribution is -2.28. The van der Waals surface area contributed by atoms with Gasteiger partial charge in [0.2, 0.25) is 15.9 Å². The zero-order valence-corrected chi connectivity index (χ0v) is 16.5. The maximum atomic E-state index is 12.6. The number of benzene rings is 2. The Balaban J connectivity index is 1.57. The summed E-state index contributed by atoms with van der Waals surface area (Å²) < 4.78 is 27.8. The summed E-state index contributed by atoms with van der Waals surface area (Å²) in [5.41, 5.74) is 2.82. The van der Waals surface area contributed by atoms with Crippen molar-refractivity contribution in [2.24, 2.45) is 0 Å². The van der Waals surface area contributed by atoms with Gasteiger partial charge in [0, 0.05) is 45.0 Å². The second kappa shape index (κ2) is 8.10. The van der Waals surface area contributed by atoms with Gasteiger partial charge in [-0.2, -0.15) is 0 Å². The highest BCUT2D eigenvalue weighted by atomic mass is 32.2. The highest BCUT2D eigenvalue weighted by Gasteiger charge is 2.24. The van der Waals surface area contributed by atoms with E-state index in [0.717, 1.165) is 23.5 Å². The van der Waals surface area contributed by atoms with Gasteiger partial charge in [-0.1, -0.05) is 18.2 Å². The molecule has 0 radical (unpaired) electrons. The Bertz CT molecular complexity index is 913. The van der Waals surface area contributed by atoms with Crippen LogP contribution in [-0.2, 0) is 21.2 Å². The molecule has 0 unspecified atom stereocenters. The fourth-order valence-electron chi connectivity index (χ4n) is 3.29. The predicted octanol–water partition coefficient (Wildman–Crippen LogP) is 2.40. The first-order valence-electron chi connectivity index (χ1n) is 9.05. The van der Waals surface area contributed by atoms with E-state index >= 15 is 0 Å². The summed E-state index contributed by atoms with van der Waals surface area (Å²) in [5.74, 6) is -0.0231. The third-order valence-corrected chi connectivity index (χ3v) is 6.25. The van der Waals surface area contributed by atoms with Gasteiger partial charge in [-0.25, -0.2) is 13.1 Å². The molecular formula is C20H25N3O3S. The van der Waals surface area contributed by atoms with E-state index in [0.29, 0.717) is 25.9 Å². The first-order valence-corrected chi connectivity index (χ1v) is 10.5. The number of carbonyl (C=O) groups is 1. The molecule has 0 aromatic heterocycles. The molecule has 1 heterocycles. The number of sulfonamides is 1. The molecule has 2 aromatic carbocycles. The smallest absolute Gasteiger partial charge is 0.240 e. The van der Waals surface area contributed by atoms with Gasteiger partial charge in [0.15, 0.2) is 0 Å². The molecule has 7 heteroatoms. The molecule has 0 atom stereocenters. The van der Waals surface area contributed by atoms with Crippen LogP contribution in [0.3, 0.4) is 0 Å². The summed E-state index contributed by atoms with van der Waals surface area (Å²) in [7, 11) is -1.56. The van der Waals surface area contributed by atoms with E-state index in [1.54, 1.807) is 23.1 Å². The Hall–Kier alpha value is -2.38. The topological polar surface area (TPSA) is 69.7 Å². The number of rotatable bonds is 7. The Morgan fingerprint density at radius 2 is 1.93 bits per heavy atom. The Labute approximate surface area is 160 Å². The molecule has 0 saturated heterocycles. The van der Waals surface area contributed by atoms with E-state index in [9.17, 15) is 13.2 Å². The van der Waals surface area contributed by atoms with Gasteiger partial charge in [0.25, 0.3) is 0 Å². The molecule has 144 valence electrons. The number of hydrogen-bond acceptors (Lipinski definition) is 4. The lowest BCUT2D eigenvalue weighted by Gasteiger charge is -2.19. The second-order valence-corrected chi connectivity index (χ2v) is 8.49. The molecule has 1 aliphatic rings. The highest BCUT2D eigenvalue weighted by molar-refractivity contribution is 7.89. The molecule has 1 N–H and O–H groups in total. The van der Waals surface area contributed by atoms with Crippen LogP contribution >= 0.6 is 0 Å². The van der Waals surface area contributed by atoms with Crippen LogP contribution in [0.15, 0.2) is 53.4 Å². The lowest BCUT2D eigenvalue weighted by molar-refractivity contribution is -0.116. The van der Waals surface area contributed by atoms with Crippen molar-refractivity contribution >= 4 is 27.3 Å². The van der Waals surface area contributed by atoms with E-state index in [1.807, 2.05) is 37.4 Å². The van der Waals surface area contributed by atoms with Crippen LogP contribution in [0, 0.1) is 0 Å². The van der Waals surface area contributed by atoms with Crippen molar-refractivity contribution in [2.45, 2.75) is 24.7 Å². The minimum absolute atomic E-state index is 0.0231. The van der Waals surface area contributed by atoms with Gasteiger partial charge in [-0.3, -0.25) is 4.79 Å². The lowest BCUT2D eigenvalue weighted by atomic mass is 10.2. The number of hydrogen-bond donors (Lipinski definition) is 1. The maximum Gasteiger partial charge on any atom is 0.240 e. The average molecular weight is 388 g/mol. The zero-order chi connectivity index (χ0) is 19.4. The van der Waals surface area contributed by atoms with E-state index in [4.69, 9.17) is 0 Å². The summed E-state index contributed by atoms with van der Waals surface area (Å²) in [6, 6.07) is 15.0. The molecule has 6 nitrogen and oxygen atoms in total. The van der Waals surface area contributed by atoms with E-state index in [2.05, 4.69) is 9.62 Å². The first kappa shape index (κ1) is 19.4. The van der Waals surface area contributed by atoms with Crippen LogP contribution in [0.5, 0.6) is 0 Å². The van der Waals surface area contributed by atoms with Crippen LogP contribution in [0.2, 0.25) is 0 Å². The van der Waals surface area contributed by atoms with E-state index in [-0.39, 0.29) is 10.8 Å². The Kier molecular flexibility index (Phi) is 5.82. The zero-order valence-electron chi connectivity index (χ0n) is 15.7. The molecule has 1 aliphatic heterocycles. The molecule has 27 heavy (non-hydrogen) atoms. The fraction of sp³-hybridized carbons (Fsp3) is 0.350. The predicted molar refractivity (Wildman–Crippen MR) is 108 cm³/mol. The third-order valence-electron chi connectivity index (χ3n) is 4.80. The van der Waals surface area contributed by atoms with Crippen LogP contribution < -0.4 is 14.5 Å². The summed E-state index contributed by atoms with van der Waals surface area (Å²) in [5, 5.41) is 0. The number of fused-ring (bicyclic) bond motifs is 1. The molecule has 3 rings (SSSR count). The minimum Gasteiger partial charge on any atom is -0.375 e. The van der Waals surface area contributed by atoms with Crippen molar-refractivity contribution in [2.75, 3.05) is 36.5 Å². The molecule has 0 bridgehead atoms. The van der Waals surface area contributed by atoms with Crippen LogP contribution in [-0.4, -0.2) is 41.0 Å². The van der Waals surface area contributed by atoms with Gasteiger partial charge in [0.1, 0.15) is 0 Å². The maximum absolute atomic E-state index is 12.6. The van der Waals surface area contributed by atoms with Gasteiger partial charge < -0.3 is 9.80 Å². The normalized spacial score (nSPS) is 13.5. The van der Waals surface area contributed by atoms with Gasteiger partial charge in [0.05, 0.1) is 4.90 Å². The SMILES string of the molecule is CC(=O)N1CCc2cc(S(=O)(=O)NCCCN(C)c3ccccc3)ccc21. The van der Waals surface area contributed by atoms with Gasteiger partial charge in [-0.05, 0) is 48.7 Å². The van der Waals surface area contributed by atoms with Crippen molar-refractivity contribution in [3.8, 4) is 0 Å². The first-order chi connectivity index (χ1) is 12.9. The van der Waals surface area contributed by atoms with Crippen molar-refractivity contribution in [3.05, 3.63) is 54.1 Å². The number of carbonyl (C=O) groups excluding carboxylic acids is 1. The van der Waals surface area contributed by atoms with Crippen molar-refractivity contribution in [1.29, 1.82) is 0 Å². The fourth-order valence-corrected chi connectivity index (χ4v) is 4.41. The van der Waals surface area contributed by atoms with Crippen LogP contribution in [0.1, 0.15) is 18.9 Å². The Morgan fingerprint density at radius 1 is 1.19 bits per heavy atom. The van der Waals surface area contributed by atoms with Crippen molar-refractivity contribution in [1.82, 2.24) is 4.72 Å². The third kappa shape index (κ3) is 4.48. The van der Waals surface area contributed by atoms with Gasteiger partial charge in [-0.15, -0.1) is 0 Å². The largest absolute Gasteiger partial charge is 0.375 e. The van der Waals surface area contributed by atoms with Crippen LogP contribution in [0.4, 0.5) is 11.4 Å². The van der Waals surface area contributed by atoms with Crippen LogP contribution in [0.25, 0.3) is 0 Å². The summed E-state index contributed by atoms with van der Waals surface area (Å²) in [6.07, 6.45) is 1.38. The quantitative estimate of drug-likeness (QED) is 0.741. The molecular weight excluding hydrogens is 362 g/mol. The molecule has 0 fully saturated rings. The highest BCUT2D eigenvalue weighted by Crippen LogP contribution is 2.30. The summed E-state index contributed by atoms with van der Waals surface area (Å²) in [6.45, 7) is 3.25. The number of nitrogens with one attached hydrogen (secondary N) is 1. The molecule has 2 aromatic rings.